The molecule has 0 aromatic carbocycles. The van der Waals surface area contributed by atoms with E-state index in [0.717, 1.165) is 5.69 Å². The van der Waals surface area contributed by atoms with E-state index in [2.05, 4.69) is 10.4 Å². The molecular weight excluding hydrogens is 168 g/mol. The third-order valence-corrected chi connectivity index (χ3v) is 1.72. The van der Waals surface area contributed by atoms with Gasteiger partial charge in [0.25, 0.3) is 0 Å². The van der Waals surface area contributed by atoms with Gasteiger partial charge in [-0.1, -0.05) is 0 Å². The van der Waals surface area contributed by atoms with Crippen LogP contribution in [0.4, 0.5) is 5.69 Å². The number of amides is 1. The smallest absolute Gasteiger partial charge is 0.243 e. The zero-order valence-corrected chi connectivity index (χ0v) is 8.11. The molecule has 0 aliphatic heterocycles. The molecule has 1 heterocycles. The Hall–Kier alpha value is -1.52. The SMILES string of the molecule is CNc1cnn(CC(=O)N(C)C)c1. The molecule has 0 radical (unpaired) electrons. The average Bonchev–Trinajstić information content (AvgIpc) is 2.52. The van der Waals surface area contributed by atoms with Gasteiger partial charge < -0.3 is 10.2 Å². The van der Waals surface area contributed by atoms with Crippen molar-refractivity contribution >= 4 is 11.6 Å². The Morgan fingerprint density at radius 3 is 2.85 bits per heavy atom. The summed E-state index contributed by atoms with van der Waals surface area (Å²) in [5.74, 6) is 0.0331. The van der Waals surface area contributed by atoms with Gasteiger partial charge in [0.1, 0.15) is 6.54 Å². The molecule has 1 aromatic rings. The number of anilines is 1. The fourth-order valence-electron chi connectivity index (χ4n) is 0.859. The second-order valence-electron chi connectivity index (χ2n) is 2.96. The molecule has 0 spiro atoms. The standard InChI is InChI=1S/C8H14N4O/c1-9-7-4-10-12(5-7)6-8(13)11(2)3/h4-5,9H,6H2,1-3H3. The summed E-state index contributed by atoms with van der Waals surface area (Å²) in [5, 5.41) is 6.96. The van der Waals surface area contributed by atoms with Crippen molar-refractivity contribution in [1.29, 1.82) is 0 Å². The molecule has 1 rings (SSSR count). The third kappa shape index (κ3) is 2.47. The Balaban J connectivity index is 2.59. The minimum Gasteiger partial charge on any atom is -0.386 e. The first kappa shape index (κ1) is 9.57. The van der Waals surface area contributed by atoms with Crippen LogP contribution in [0.5, 0.6) is 0 Å². The van der Waals surface area contributed by atoms with Crippen molar-refractivity contribution in [3.63, 3.8) is 0 Å². The summed E-state index contributed by atoms with van der Waals surface area (Å²) in [6.07, 6.45) is 3.48. The first-order valence-electron chi connectivity index (χ1n) is 4.04. The Bertz CT molecular complexity index is 292. The molecule has 1 N–H and O–H groups in total. The fraction of sp³-hybridized carbons (Fsp3) is 0.500. The van der Waals surface area contributed by atoms with Crippen LogP contribution in [0.15, 0.2) is 12.4 Å². The maximum atomic E-state index is 11.3. The normalized spacial score (nSPS) is 9.77. The van der Waals surface area contributed by atoms with E-state index in [0.29, 0.717) is 0 Å². The van der Waals surface area contributed by atoms with E-state index in [-0.39, 0.29) is 12.5 Å². The molecule has 1 amide bonds. The van der Waals surface area contributed by atoms with Crippen LogP contribution < -0.4 is 5.32 Å². The van der Waals surface area contributed by atoms with Gasteiger partial charge in [-0.15, -0.1) is 0 Å². The molecule has 13 heavy (non-hydrogen) atoms. The van der Waals surface area contributed by atoms with Gasteiger partial charge in [0.05, 0.1) is 11.9 Å². The van der Waals surface area contributed by atoms with E-state index in [1.54, 1.807) is 36.1 Å². The molecule has 0 saturated carbocycles. The van der Waals surface area contributed by atoms with E-state index >= 15 is 0 Å². The maximum Gasteiger partial charge on any atom is 0.243 e. The molecule has 5 nitrogen and oxygen atoms in total. The minimum atomic E-state index is 0.0331. The largest absolute Gasteiger partial charge is 0.386 e. The number of rotatable bonds is 3. The van der Waals surface area contributed by atoms with Gasteiger partial charge >= 0.3 is 0 Å². The van der Waals surface area contributed by atoms with Crippen molar-refractivity contribution < 1.29 is 4.79 Å². The number of nitrogens with one attached hydrogen (secondary N) is 1. The molecule has 0 aliphatic rings. The number of carbonyl (C=O) groups is 1. The molecule has 0 saturated heterocycles. The lowest BCUT2D eigenvalue weighted by Gasteiger charge is -2.09. The van der Waals surface area contributed by atoms with Gasteiger partial charge in [-0.05, 0) is 0 Å². The molecule has 0 bridgehead atoms. The van der Waals surface area contributed by atoms with Crippen LogP contribution in [0, 0.1) is 0 Å². The van der Waals surface area contributed by atoms with Gasteiger partial charge in [0.2, 0.25) is 5.91 Å². The molecule has 72 valence electrons. The Kier molecular flexibility index (Phi) is 2.89. The van der Waals surface area contributed by atoms with Crippen molar-refractivity contribution in [2.24, 2.45) is 0 Å². The zero-order valence-electron chi connectivity index (χ0n) is 8.11. The van der Waals surface area contributed by atoms with E-state index in [1.807, 2.05) is 7.05 Å². The zero-order chi connectivity index (χ0) is 9.84. The molecule has 0 unspecified atom stereocenters. The number of aromatic nitrogens is 2. The monoisotopic (exact) mass is 182 g/mol. The molecule has 0 aliphatic carbocycles. The minimum absolute atomic E-state index is 0.0331. The van der Waals surface area contributed by atoms with E-state index in [1.165, 1.54) is 0 Å². The number of carbonyl (C=O) groups excluding carboxylic acids is 1. The van der Waals surface area contributed by atoms with Gasteiger partial charge in [0.15, 0.2) is 0 Å². The predicted octanol–water partition coefficient (Wildman–Crippen LogP) is 0.0130. The molecular formula is C8H14N4O. The first-order valence-corrected chi connectivity index (χ1v) is 4.04. The molecule has 0 atom stereocenters. The predicted molar refractivity (Wildman–Crippen MR) is 50.5 cm³/mol. The lowest BCUT2D eigenvalue weighted by Crippen LogP contribution is -2.26. The highest BCUT2D eigenvalue weighted by molar-refractivity contribution is 5.75. The topological polar surface area (TPSA) is 50.2 Å². The number of hydrogen-bond donors (Lipinski definition) is 1. The van der Waals surface area contributed by atoms with Crippen LogP contribution in [0.2, 0.25) is 0 Å². The van der Waals surface area contributed by atoms with Gasteiger partial charge in [-0.2, -0.15) is 5.10 Å². The molecule has 1 aromatic heterocycles. The summed E-state index contributed by atoms with van der Waals surface area (Å²) in [4.78, 5) is 12.8. The van der Waals surface area contributed by atoms with Gasteiger partial charge in [-0.3, -0.25) is 9.48 Å². The van der Waals surface area contributed by atoms with Gasteiger partial charge in [0, 0.05) is 27.3 Å². The summed E-state index contributed by atoms with van der Waals surface area (Å²) in [5.41, 5.74) is 0.909. The first-order chi connectivity index (χ1) is 6.13. The van der Waals surface area contributed by atoms with Gasteiger partial charge in [-0.25, -0.2) is 0 Å². The van der Waals surface area contributed by atoms with E-state index in [9.17, 15) is 4.79 Å². The Labute approximate surface area is 77.3 Å². The Morgan fingerprint density at radius 2 is 2.38 bits per heavy atom. The highest BCUT2D eigenvalue weighted by Gasteiger charge is 2.05. The van der Waals surface area contributed by atoms with Crippen LogP contribution >= 0.6 is 0 Å². The van der Waals surface area contributed by atoms with E-state index in [4.69, 9.17) is 0 Å². The lowest BCUT2D eigenvalue weighted by molar-refractivity contribution is -0.129. The second-order valence-corrected chi connectivity index (χ2v) is 2.96. The van der Waals surface area contributed by atoms with E-state index < -0.39 is 0 Å². The van der Waals surface area contributed by atoms with Crippen LogP contribution in [-0.2, 0) is 11.3 Å². The second kappa shape index (κ2) is 3.93. The number of nitrogens with zero attached hydrogens (tertiary/aromatic N) is 3. The summed E-state index contributed by atoms with van der Waals surface area (Å²) in [7, 11) is 5.27. The highest BCUT2D eigenvalue weighted by Crippen LogP contribution is 2.02. The van der Waals surface area contributed by atoms with Crippen molar-refractivity contribution in [2.45, 2.75) is 6.54 Å². The van der Waals surface area contributed by atoms with Crippen LogP contribution in [0.1, 0.15) is 0 Å². The van der Waals surface area contributed by atoms with Crippen molar-refractivity contribution in [2.75, 3.05) is 26.5 Å². The fourth-order valence-corrected chi connectivity index (χ4v) is 0.859. The van der Waals surface area contributed by atoms with Crippen LogP contribution in [0.3, 0.4) is 0 Å². The highest BCUT2D eigenvalue weighted by atomic mass is 16.2. The van der Waals surface area contributed by atoms with Crippen molar-refractivity contribution in [1.82, 2.24) is 14.7 Å². The maximum absolute atomic E-state index is 11.3. The molecule has 5 heteroatoms. The quantitative estimate of drug-likeness (QED) is 0.716. The summed E-state index contributed by atoms with van der Waals surface area (Å²) in [6.45, 7) is 0.286. The Morgan fingerprint density at radius 1 is 1.69 bits per heavy atom. The van der Waals surface area contributed by atoms with Crippen molar-refractivity contribution in [3.05, 3.63) is 12.4 Å². The average molecular weight is 182 g/mol. The summed E-state index contributed by atoms with van der Waals surface area (Å²) in [6, 6.07) is 0. The summed E-state index contributed by atoms with van der Waals surface area (Å²) >= 11 is 0. The van der Waals surface area contributed by atoms with Crippen LogP contribution in [-0.4, -0.2) is 41.7 Å². The van der Waals surface area contributed by atoms with Crippen molar-refractivity contribution in [3.8, 4) is 0 Å². The number of hydrogen-bond acceptors (Lipinski definition) is 3. The van der Waals surface area contributed by atoms with Crippen LogP contribution in [0.25, 0.3) is 0 Å². The third-order valence-electron chi connectivity index (χ3n) is 1.72. The lowest BCUT2D eigenvalue weighted by atomic mass is 10.5. The number of likely N-dealkylation sites (N-methyl/N-ethyl adjacent to an activating group) is 1. The summed E-state index contributed by atoms with van der Waals surface area (Å²) < 4.78 is 1.61. The molecule has 0 fully saturated rings.